The molecule has 1 amide bonds. The van der Waals surface area contributed by atoms with Crippen molar-refractivity contribution in [3.8, 4) is 0 Å². The SMILES string of the molecule is O=C(CCn1c(=O)[nH]c(=O)c2ccccc21)NCCc1ccccc1. The van der Waals surface area contributed by atoms with Gasteiger partial charge < -0.3 is 5.32 Å². The Kier molecular flexibility index (Phi) is 5.09. The first kappa shape index (κ1) is 16.7. The van der Waals surface area contributed by atoms with E-state index in [0.29, 0.717) is 17.4 Å². The average molecular weight is 337 g/mol. The summed E-state index contributed by atoms with van der Waals surface area (Å²) >= 11 is 0. The molecule has 3 aromatic rings. The average Bonchev–Trinajstić information content (AvgIpc) is 2.62. The number of H-pyrrole nitrogens is 1. The fraction of sp³-hybridized carbons (Fsp3) is 0.211. The van der Waals surface area contributed by atoms with Crippen molar-refractivity contribution in [2.24, 2.45) is 0 Å². The second-order valence-electron chi connectivity index (χ2n) is 5.76. The lowest BCUT2D eigenvalue weighted by Crippen LogP contribution is -2.33. The normalized spacial score (nSPS) is 10.7. The molecule has 1 heterocycles. The van der Waals surface area contributed by atoms with E-state index in [1.54, 1.807) is 24.3 Å². The van der Waals surface area contributed by atoms with Gasteiger partial charge in [-0.2, -0.15) is 0 Å². The van der Waals surface area contributed by atoms with Gasteiger partial charge >= 0.3 is 5.69 Å². The number of carbonyl (C=O) groups is 1. The molecular formula is C19H19N3O3. The van der Waals surface area contributed by atoms with E-state index in [1.807, 2.05) is 30.3 Å². The number of hydrogen-bond acceptors (Lipinski definition) is 3. The molecule has 0 spiro atoms. The number of nitrogens with one attached hydrogen (secondary N) is 2. The van der Waals surface area contributed by atoms with Crippen LogP contribution in [0.5, 0.6) is 0 Å². The molecule has 0 aliphatic carbocycles. The molecule has 6 heteroatoms. The number of aryl methyl sites for hydroxylation is 1. The van der Waals surface area contributed by atoms with Crippen LogP contribution in [0.1, 0.15) is 12.0 Å². The molecule has 0 fully saturated rings. The van der Waals surface area contributed by atoms with Crippen molar-refractivity contribution in [3.05, 3.63) is 81.0 Å². The van der Waals surface area contributed by atoms with E-state index in [4.69, 9.17) is 0 Å². The Morgan fingerprint density at radius 1 is 1.00 bits per heavy atom. The van der Waals surface area contributed by atoms with Crippen LogP contribution in [0.25, 0.3) is 10.9 Å². The molecule has 1 aromatic heterocycles. The summed E-state index contributed by atoms with van der Waals surface area (Å²) < 4.78 is 1.42. The Morgan fingerprint density at radius 2 is 1.72 bits per heavy atom. The number of para-hydroxylation sites is 1. The fourth-order valence-corrected chi connectivity index (χ4v) is 2.76. The van der Waals surface area contributed by atoms with Crippen LogP contribution >= 0.6 is 0 Å². The van der Waals surface area contributed by atoms with Crippen LogP contribution in [0.3, 0.4) is 0 Å². The predicted octanol–water partition coefficient (Wildman–Crippen LogP) is 1.44. The zero-order valence-corrected chi connectivity index (χ0v) is 13.7. The van der Waals surface area contributed by atoms with Gasteiger partial charge in [-0.3, -0.25) is 19.1 Å². The topological polar surface area (TPSA) is 84.0 Å². The van der Waals surface area contributed by atoms with Gasteiger partial charge in [-0.05, 0) is 24.1 Å². The number of aromatic amines is 1. The lowest BCUT2D eigenvalue weighted by atomic mass is 10.1. The summed E-state index contributed by atoms with van der Waals surface area (Å²) in [6.45, 7) is 0.761. The standard InChI is InChI=1S/C19H19N3O3/c23-17(20-12-10-14-6-2-1-3-7-14)11-13-22-16-9-5-4-8-15(16)18(24)21-19(22)25/h1-9H,10-13H2,(H,20,23)(H,21,24,25). The molecule has 0 radical (unpaired) electrons. The molecule has 2 N–H and O–H groups in total. The molecule has 0 unspecified atom stereocenters. The van der Waals surface area contributed by atoms with Gasteiger partial charge in [-0.15, -0.1) is 0 Å². The number of nitrogens with zero attached hydrogens (tertiary/aromatic N) is 1. The van der Waals surface area contributed by atoms with E-state index >= 15 is 0 Å². The maximum atomic E-state index is 12.0. The summed E-state index contributed by atoms with van der Waals surface area (Å²) in [5.74, 6) is -0.127. The van der Waals surface area contributed by atoms with Gasteiger partial charge in [0.05, 0.1) is 10.9 Å². The van der Waals surface area contributed by atoms with Crippen LogP contribution in [0.4, 0.5) is 0 Å². The predicted molar refractivity (Wildman–Crippen MR) is 96.6 cm³/mol. The summed E-state index contributed by atoms with van der Waals surface area (Å²) in [4.78, 5) is 38.2. The minimum absolute atomic E-state index is 0.127. The first-order chi connectivity index (χ1) is 12.1. The van der Waals surface area contributed by atoms with Crippen molar-refractivity contribution in [1.29, 1.82) is 0 Å². The third-order valence-electron chi connectivity index (χ3n) is 4.05. The third-order valence-corrected chi connectivity index (χ3v) is 4.05. The van der Waals surface area contributed by atoms with E-state index < -0.39 is 11.2 Å². The molecule has 0 bridgehead atoms. The van der Waals surface area contributed by atoms with Gasteiger partial charge in [0.25, 0.3) is 5.56 Å². The van der Waals surface area contributed by atoms with Crippen molar-refractivity contribution < 1.29 is 4.79 Å². The zero-order chi connectivity index (χ0) is 17.6. The van der Waals surface area contributed by atoms with Gasteiger partial charge in [0, 0.05) is 19.5 Å². The number of fused-ring (bicyclic) bond motifs is 1. The monoisotopic (exact) mass is 337 g/mol. The Hall–Kier alpha value is -3.15. The van der Waals surface area contributed by atoms with Gasteiger partial charge in [-0.1, -0.05) is 42.5 Å². The van der Waals surface area contributed by atoms with Crippen LogP contribution in [-0.2, 0) is 17.8 Å². The van der Waals surface area contributed by atoms with Crippen molar-refractivity contribution in [2.45, 2.75) is 19.4 Å². The number of aromatic nitrogens is 2. The number of benzene rings is 2. The zero-order valence-electron chi connectivity index (χ0n) is 13.7. The Morgan fingerprint density at radius 3 is 2.52 bits per heavy atom. The van der Waals surface area contributed by atoms with Crippen LogP contribution in [0, 0.1) is 0 Å². The number of amides is 1. The molecule has 25 heavy (non-hydrogen) atoms. The molecular weight excluding hydrogens is 318 g/mol. The van der Waals surface area contributed by atoms with E-state index in [1.165, 1.54) is 4.57 Å². The Labute approximate surface area is 144 Å². The van der Waals surface area contributed by atoms with E-state index in [0.717, 1.165) is 12.0 Å². The van der Waals surface area contributed by atoms with E-state index in [9.17, 15) is 14.4 Å². The quantitative estimate of drug-likeness (QED) is 0.714. The Bertz CT molecular complexity index is 990. The number of hydrogen-bond donors (Lipinski definition) is 2. The molecule has 0 saturated heterocycles. The minimum atomic E-state index is -0.499. The highest BCUT2D eigenvalue weighted by atomic mass is 16.2. The first-order valence-electron chi connectivity index (χ1n) is 8.17. The van der Waals surface area contributed by atoms with Crippen LogP contribution in [0.15, 0.2) is 64.2 Å². The van der Waals surface area contributed by atoms with Crippen molar-refractivity contribution in [3.63, 3.8) is 0 Å². The van der Waals surface area contributed by atoms with Crippen molar-refractivity contribution >= 4 is 16.8 Å². The van der Waals surface area contributed by atoms with E-state index in [2.05, 4.69) is 10.3 Å². The molecule has 0 atom stereocenters. The lowest BCUT2D eigenvalue weighted by molar-refractivity contribution is -0.121. The molecule has 0 aliphatic rings. The minimum Gasteiger partial charge on any atom is -0.356 e. The molecule has 2 aromatic carbocycles. The van der Waals surface area contributed by atoms with Gasteiger partial charge in [0.2, 0.25) is 5.91 Å². The van der Waals surface area contributed by atoms with Crippen molar-refractivity contribution in [1.82, 2.24) is 14.9 Å². The van der Waals surface area contributed by atoms with Crippen LogP contribution < -0.4 is 16.6 Å². The summed E-state index contributed by atoms with van der Waals surface area (Å²) in [7, 11) is 0. The summed E-state index contributed by atoms with van der Waals surface area (Å²) in [5, 5.41) is 3.29. The van der Waals surface area contributed by atoms with E-state index in [-0.39, 0.29) is 18.9 Å². The summed E-state index contributed by atoms with van der Waals surface area (Å²) in [6.07, 6.45) is 0.929. The fourth-order valence-electron chi connectivity index (χ4n) is 2.76. The highest BCUT2D eigenvalue weighted by molar-refractivity contribution is 5.78. The first-order valence-corrected chi connectivity index (χ1v) is 8.17. The Balaban J connectivity index is 1.62. The lowest BCUT2D eigenvalue weighted by Gasteiger charge is -2.10. The molecule has 0 aliphatic heterocycles. The van der Waals surface area contributed by atoms with Gasteiger partial charge in [-0.25, -0.2) is 4.79 Å². The summed E-state index contributed by atoms with van der Waals surface area (Å²) in [6, 6.07) is 16.8. The molecule has 128 valence electrons. The summed E-state index contributed by atoms with van der Waals surface area (Å²) in [5.41, 5.74) is 0.781. The highest BCUT2D eigenvalue weighted by Crippen LogP contribution is 2.07. The highest BCUT2D eigenvalue weighted by Gasteiger charge is 2.08. The largest absolute Gasteiger partial charge is 0.356 e. The second-order valence-corrected chi connectivity index (χ2v) is 5.76. The van der Waals surface area contributed by atoms with Gasteiger partial charge in [0.15, 0.2) is 0 Å². The van der Waals surface area contributed by atoms with Gasteiger partial charge in [0.1, 0.15) is 0 Å². The molecule has 6 nitrogen and oxygen atoms in total. The second kappa shape index (κ2) is 7.61. The van der Waals surface area contributed by atoms with Crippen LogP contribution in [0.2, 0.25) is 0 Å². The number of carbonyl (C=O) groups excluding carboxylic acids is 1. The maximum Gasteiger partial charge on any atom is 0.328 e. The third kappa shape index (κ3) is 4.03. The van der Waals surface area contributed by atoms with Crippen LogP contribution in [-0.4, -0.2) is 22.0 Å². The maximum absolute atomic E-state index is 12.0. The number of rotatable bonds is 6. The smallest absolute Gasteiger partial charge is 0.328 e. The van der Waals surface area contributed by atoms with Crippen molar-refractivity contribution in [2.75, 3.05) is 6.54 Å². The molecule has 0 saturated carbocycles. The molecule has 3 rings (SSSR count).